The zero-order valence-corrected chi connectivity index (χ0v) is 9.94. The van der Waals surface area contributed by atoms with Crippen molar-refractivity contribution < 1.29 is 4.74 Å². The minimum atomic E-state index is 0.313. The van der Waals surface area contributed by atoms with Crippen LogP contribution < -0.4 is 5.32 Å². The molecular weight excluding hydrogens is 174 g/mol. The van der Waals surface area contributed by atoms with Crippen molar-refractivity contribution in [2.24, 2.45) is 5.92 Å². The molecule has 0 aromatic carbocycles. The first-order valence-electron chi connectivity index (χ1n) is 5.97. The molecule has 2 heteroatoms. The summed E-state index contributed by atoms with van der Waals surface area (Å²) in [6, 6.07) is 0. The molecule has 0 spiro atoms. The number of ether oxygens (including phenoxy) is 1. The van der Waals surface area contributed by atoms with Crippen LogP contribution in [0.25, 0.3) is 0 Å². The summed E-state index contributed by atoms with van der Waals surface area (Å²) in [7, 11) is 0. The van der Waals surface area contributed by atoms with Crippen LogP contribution in [-0.4, -0.2) is 25.3 Å². The van der Waals surface area contributed by atoms with Gasteiger partial charge in [0.1, 0.15) is 0 Å². The molecule has 0 amide bonds. The second-order valence-corrected chi connectivity index (χ2v) is 5.07. The quantitative estimate of drug-likeness (QED) is 0.735. The third kappa shape index (κ3) is 4.43. The van der Waals surface area contributed by atoms with Crippen LogP contribution in [0.15, 0.2) is 0 Å². The van der Waals surface area contributed by atoms with E-state index in [0.717, 1.165) is 25.7 Å². The first-order chi connectivity index (χ1) is 6.64. The Balaban J connectivity index is 2.17. The van der Waals surface area contributed by atoms with Crippen LogP contribution in [0.5, 0.6) is 0 Å². The van der Waals surface area contributed by atoms with Crippen molar-refractivity contribution >= 4 is 0 Å². The summed E-state index contributed by atoms with van der Waals surface area (Å²) in [6.07, 6.45) is 4.98. The van der Waals surface area contributed by atoms with Gasteiger partial charge in [-0.1, -0.05) is 13.3 Å². The van der Waals surface area contributed by atoms with Gasteiger partial charge < -0.3 is 10.1 Å². The lowest BCUT2D eigenvalue weighted by molar-refractivity contribution is 0.0638. The molecule has 84 valence electrons. The van der Waals surface area contributed by atoms with Crippen molar-refractivity contribution in [3.63, 3.8) is 0 Å². The zero-order valence-electron chi connectivity index (χ0n) is 9.94. The highest BCUT2D eigenvalue weighted by molar-refractivity contribution is 4.78. The van der Waals surface area contributed by atoms with Crippen LogP contribution >= 0.6 is 0 Å². The van der Waals surface area contributed by atoms with E-state index in [1.807, 2.05) is 0 Å². The Bertz CT molecular complexity index is 150. The van der Waals surface area contributed by atoms with Crippen molar-refractivity contribution in [1.29, 1.82) is 0 Å². The van der Waals surface area contributed by atoms with Crippen LogP contribution in [0.4, 0.5) is 0 Å². The van der Waals surface area contributed by atoms with Crippen molar-refractivity contribution in [1.82, 2.24) is 5.32 Å². The molecule has 0 aromatic heterocycles. The smallest absolute Gasteiger partial charge is 0.0469 e. The van der Waals surface area contributed by atoms with E-state index in [0.29, 0.717) is 5.54 Å². The van der Waals surface area contributed by atoms with Crippen LogP contribution in [0.2, 0.25) is 0 Å². The zero-order chi connectivity index (χ0) is 10.4. The molecule has 0 atom stereocenters. The largest absolute Gasteiger partial charge is 0.381 e. The lowest BCUT2D eigenvalue weighted by atomic mass is 9.95. The topological polar surface area (TPSA) is 21.3 Å². The predicted octanol–water partition coefficient (Wildman–Crippen LogP) is 2.58. The van der Waals surface area contributed by atoms with Gasteiger partial charge in [0.2, 0.25) is 0 Å². The summed E-state index contributed by atoms with van der Waals surface area (Å²) >= 11 is 0. The summed E-state index contributed by atoms with van der Waals surface area (Å²) in [6.45, 7) is 9.93. The number of hydrogen-bond donors (Lipinski definition) is 1. The van der Waals surface area contributed by atoms with E-state index in [1.165, 1.54) is 25.7 Å². The van der Waals surface area contributed by atoms with E-state index in [1.54, 1.807) is 0 Å². The molecule has 1 rings (SSSR count). The standard InChI is InChI=1S/C12H25NO/c1-4-7-12(2,3)13-10-11-5-8-14-9-6-11/h11,13H,4-10H2,1-3H3. The van der Waals surface area contributed by atoms with Gasteiger partial charge in [-0.25, -0.2) is 0 Å². The average Bonchev–Trinajstić information content (AvgIpc) is 2.17. The predicted molar refractivity (Wildman–Crippen MR) is 60.5 cm³/mol. The van der Waals surface area contributed by atoms with Crippen molar-refractivity contribution in [2.45, 2.75) is 52.0 Å². The molecule has 1 aliphatic rings. The fraction of sp³-hybridized carbons (Fsp3) is 1.00. The number of hydrogen-bond acceptors (Lipinski definition) is 2. The maximum Gasteiger partial charge on any atom is 0.0469 e. The summed E-state index contributed by atoms with van der Waals surface area (Å²) in [5.41, 5.74) is 0.313. The van der Waals surface area contributed by atoms with Gasteiger partial charge in [-0.2, -0.15) is 0 Å². The highest BCUT2D eigenvalue weighted by atomic mass is 16.5. The van der Waals surface area contributed by atoms with E-state index < -0.39 is 0 Å². The normalized spacial score (nSPS) is 19.9. The van der Waals surface area contributed by atoms with Gasteiger partial charge in [0.05, 0.1) is 0 Å². The van der Waals surface area contributed by atoms with Gasteiger partial charge in [0.15, 0.2) is 0 Å². The fourth-order valence-electron chi connectivity index (χ4n) is 2.08. The minimum Gasteiger partial charge on any atom is -0.381 e. The maximum absolute atomic E-state index is 5.35. The van der Waals surface area contributed by atoms with E-state index in [4.69, 9.17) is 4.74 Å². The molecule has 0 aliphatic carbocycles. The van der Waals surface area contributed by atoms with Crippen molar-refractivity contribution in [2.75, 3.05) is 19.8 Å². The molecule has 0 saturated carbocycles. The van der Waals surface area contributed by atoms with Gasteiger partial charge in [0, 0.05) is 18.8 Å². The summed E-state index contributed by atoms with van der Waals surface area (Å²) < 4.78 is 5.35. The first-order valence-corrected chi connectivity index (χ1v) is 5.97. The Kier molecular flexibility index (Phi) is 4.90. The lowest BCUT2D eigenvalue weighted by Gasteiger charge is -2.30. The van der Waals surface area contributed by atoms with Crippen LogP contribution in [-0.2, 0) is 4.74 Å². The van der Waals surface area contributed by atoms with Crippen molar-refractivity contribution in [3.8, 4) is 0 Å². The Labute approximate surface area is 88.4 Å². The summed E-state index contributed by atoms with van der Waals surface area (Å²) in [5.74, 6) is 0.833. The second-order valence-electron chi connectivity index (χ2n) is 5.07. The highest BCUT2D eigenvalue weighted by Gasteiger charge is 2.19. The molecule has 0 radical (unpaired) electrons. The maximum atomic E-state index is 5.35. The number of rotatable bonds is 5. The van der Waals surface area contributed by atoms with Gasteiger partial charge in [-0.15, -0.1) is 0 Å². The molecule has 14 heavy (non-hydrogen) atoms. The monoisotopic (exact) mass is 199 g/mol. The summed E-state index contributed by atoms with van der Waals surface area (Å²) in [4.78, 5) is 0. The third-order valence-corrected chi connectivity index (χ3v) is 3.09. The molecule has 0 aromatic rings. The van der Waals surface area contributed by atoms with Gasteiger partial charge in [0.25, 0.3) is 0 Å². The molecule has 1 aliphatic heterocycles. The Hall–Kier alpha value is -0.0800. The Morgan fingerprint density at radius 3 is 2.50 bits per heavy atom. The molecule has 0 unspecified atom stereocenters. The van der Waals surface area contributed by atoms with Crippen LogP contribution in [0.3, 0.4) is 0 Å². The van der Waals surface area contributed by atoms with Crippen LogP contribution in [0.1, 0.15) is 46.5 Å². The molecular formula is C12H25NO. The molecule has 1 N–H and O–H groups in total. The van der Waals surface area contributed by atoms with Gasteiger partial charge in [-0.05, 0) is 45.6 Å². The SMILES string of the molecule is CCCC(C)(C)NCC1CCOCC1. The van der Waals surface area contributed by atoms with Crippen LogP contribution in [0, 0.1) is 5.92 Å². The van der Waals surface area contributed by atoms with E-state index in [2.05, 4.69) is 26.1 Å². The molecule has 1 saturated heterocycles. The van der Waals surface area contributed by atoms with E-state index >= 15 is 0 Å². The van der Waals surface area contributed by atoms with E-state index in [9.17, 15) is 0 Å². The first kappa shape index (κ1) is 12.0. The van der Waals surface area contributed by atoms with Crippen molar-refractivity contribution in [3.05, 3.63) is 0 Å². The second kappa shape index (κ2) is 5.72. The third-order valence-electron chi connectivity index (χ3n) is 3.09. The van der Waals surface area contributed by atoms with Gasteiger partial charge >= 0.3 is 0 Å². The molecule has 0 bridgehead atoms. The van der Waals surface area contributed by atoms with E-state index in [-0.39, 0.29) is 0 Å². The van der Waals surface area contributed by atoms with Gasteiger partial charge in [-0.3, -0.25) is 0 Å². The Morgan fingerprint density at radius 2 is 1.93 bits per heavy atom. The fourth-order valence-corrected chi connectivity index (χ4v) is 2.08. The molecule has 2 nitrogen and oxygen atoms in total. The summed E-state index contributed by atoms with van der Waals surface area (Å²) in [5, 5.41) is 3.67. The number of nitrogens with one attached hydrogen (secondary N) is 1. The average molecular weight is 199 g/mol. The Morgan fingerprint density at radius 1 is 1.29 bits per heavy atom. The minimum absolute atomic E-state index is 0.313. The lowest BCUT2D eigenvalue weighted by Crippen LogP contribution is -2.42. The molecule has 1 heterocycles. The molecule has 1 fully saturated rings. The highest BCUT2D eigenvalue weighted by Crippen LogP contribution is 2.16.